The van der Waals surface area contributed by atoms with Crippen LogP contribution in [0, 0.1) is 6.92 Å². The molecular formula is C20H24N6O. The Labute approximate surface area is 158 Å². The van der Waals surface area contributed by atoms with Gasteiger partial charge in [-0.25, -0.2) is 4.98 Å². The molecule has 0 bridgehead atoms. The number of H-pyrrole nitrogens is 1. The molecule has 3 N–H and O–H groups in total. The molecule has 0 spiro atoms. The third-order valence-corrected chi connectivity index (χ3v) is 4.94. The quantitative estimate of drug-likeness (QED) is 0.643. The van der Waals surface area contributed by atoms with Gasteiger partial charge >= 0.3 is 0 Å². The van der Waals surface area contributed by atoms with Gasteiger partial charge in [0.25, 0.3) is 0 Å². The Balaban J connectivity index is 1.55. The third-order valence-electron chi connectivity index (χ3n) is 4.94. The number of aromatic nitrogens is 4. The Morgan fingerprint density at radius 2 is 1.93 bits per heavy atom. The third kappa shape index (κ3) is 3.93. The molecule has 7 heteroatoms. The average Bonchev–Trinajstić information content (AvgIpc) is 3.18. The number of methoxy groups -OCH3 is 1. The van der Waals surface area contributed by atoms with Crippen molar-refractivity contribution < 1.29 is 4.74 Å². The van der Waals surface area contributed by atoms with Crippen LogP contribution in [0.1, 0.15) is 30.0 Å². The zero-order valence-electron chi connectivity index (χ0n) is 15.6. The molecule has 3 heterocycles. The average molecular weight is 364 g/mol. The van der Waals surface area contributed by atoms with Gasteiger partial charge in [0, 0.05) is 11.6 Å². The summed E-state index contributed by atoms with van der Waals surface area (Å²) >= 11 is 0. The van der Waals surface area contributed by atoms with Gasteiger partial charge in [0.05, 0.1) is 30.9 Å². The van der Waals surface area contributed by atoms with Gasteiger partial charge in [-0.2, -0.15) is 5.10 Å². The molecule has 0 radical (unpaired) electrons. The lowest BCUT2D eigenvalue weighted by molar-refractivity contribution is 0.412. The van der Waals surface area contributed by atoms with Crippen molar-refractivity contribution in [3.05, 3.63) is 47.9 Å². The van der Waals surface area contributed by atoms with E-state index < -0.39 is 0 Å². The molecule has 1 aromatic carbocycles. The standard InChI is InChI=1S/C20H24N6O/c1-13-11-23-20(12-22-13)24-19-10-17(25-26-19)16-4-3-15(9-18(16)27-2)14-5-7-21-8-6-14/h3-4,9-12,14,21H,5-8H2,1-2H3,(H2,23,24,25,26). The minimum absolute atomic E-state index is 0.591. The summed E-state index contributed by atoms with van der Waals surface area (Å²) in [5.74, 6) is 2.80. The highest BCUT2D eigenvalue weighted by Gasteiger charge is 2.18. The molecule has 0 atom stereocenters. The second-order valence-electron chi connectivity index (χ2n) is 6.82. The topological polar surface area (TPSA) is 87.8 Å². The number of aryl methyl sites for hydroxylation is 1. The lowest BCUT2D eigenvalue weighted by atomic mass is 9.89. The van der Waals surface area contributed by atoms with E-state index in [4.69, 9.17) is 4.74 Å². The van der Waals surface area contributed by atoms with Crippen molar-refractivity contribution in [2.75, 3.05) is 25.5 Å². The van der Waals surface area contributed by atoms with Crippen LogP contribution < -0.4 is 15.4 Å². The Hall–Kier alpha value is -2.93. The van der Waals surface area contributed by atoms with E-state index in [1.807, 2.05) is 13.0 Å². The highest BCUT2D eigenvalue weighted by Crippen LogP contribution is 2.35. The number of hydrogen-bond acceptors (Lipinski definition) is 6. The van der Waals surface area contributed by atoms with Crippen molar-refractivity contribution in [2.45, 2.75) is 25.7 Å². The van der Waals surface area contributed by atoms with Crippen LogP contribution in [0.3, 0.4) is 0 Å². The summed E-state index contributed by atoms with van der Waals surface area (Å²) in [7, 11) is 1.71. The number of nitrogens with zero attached hydrogens (tertiary/aromatic N) is 3. The first-order chi connectivity index (χ1) is 13.2. The Bertz CT molecular complexity index is 899. The van der Waals surface area contributed by atoms with E-state index in [-0.39, 0.29) is 0 Å². The molecule has 2 aromatic heterocycles. The zero-order chi connectivity index (χ0) is 18.6. The number of hydrogen-bond donors (Lipinski definition) is 3. The van der Waals surface area contributed by atoms with Gasteiger partial charge in [0.2, 0.25) is 0 Å². The number of piperidine rings is 1. The lowest BCUT2D eigenvalue weighted by Crippen LogP contribution is -2.26. The largest absolute Gasteiger partial charge is 0.496 e. The molecule has 3 aromatic rings. The molecule has 140 valence electrons. The van der Waals surface area contributed by atoms with Crippen LogP contribution in [0.4, 0.5) is 11.6 Å². The Morgan fingerprint density at radius 1 is 1.07 bits per heavy atom. The van der Waals surface area contributed by atoms with Crippen molar-refractivity contribution >= 4 is 11.6 Å². The van der Waals surface area contributed by atoms with Gasteiger partial charge in [-0.3, -0.25) is 10.1 Å². The minimum atomic E-state index is 0.591. The van der Waals surface area contributed by atoms with Crippen molar-refractivity contribution in [3.8, 4) is 17.0 Å². The molecule has 4 rings (SSSR count). The number of ether oxygens (including phenoxy) is 1. The lowest BCUT2D eigenvalue weighted by Gasteiger charge is -2.23. The van der Waals surface area contributed by atoms with Crippen LogP contribution in [-0.4, -0.2) is 40.4 Å². The van der Waals surface area contributed by atoms with Crippen molar-refractivity contribution in [2.24, 2.45) is 0 Å². The Morgan fingerprint density at radius 3 is 2.67 bits per heavy atom. The molecule has 1 aliphatic heterocycles. The molecule has 7 nitrogen and oxygen atoms in total. The molecule has 0 amide bonds. The van der Waals surface area contributed by atoms with E-state index >= 15 is 0 Å². The number of rotatable bonds is 5. The maximum Gasteiger partial charge on any atom is 0.153 e. The predicted octanol–water partition coefficient (Wildman–Crippen LogP) is 3.39. The second kappa shape index (κ2) is 7.75. The SMILES string of the molecule is COc1cc(C2CCNCC2)ccc1-c1cc(Nc2cnc(C)cn2)n[nH]1. The van der Waals surface area contributed by atoms with Gasteiger partial charge in [0.15, 0.2) is 5.82 Å². The van der Waals surface area contributed by atoms with E-state index in [1.165, 1.54) is 5.56 Å². The second-order valence-corrected chi connectivity index (χ2v) is 6.82. The van der Waals surface area contributed by atoms with Crippen molar-refractivity contribution in [1.29, 1.82) is 0 Å². The summed E-state index contributed by atoms with van der Waals surface area (Å²) in [5, 5.41) is 14.0. The molecule has 1 fully saturated rings. The number of anilines is 2. The summed E-state index contributed by atoms with van der Waals surface area (Å²) < 4.78 is 5.67. The van der Waals surface area contributed by atoms with Crippen molar-refractivity contribution in [1.82, 2.24) is 25.5 Å². The van der Waals surface area contributed by atoms with E-state index in [0.29, 0.717) is 17.6 Å². The molecular weight excluding hydrogens is 340 g/mol. The summed E-state index contributed by atoms with van der Waals surface area (Å²) in [6, 6.07) is 8.42. The number of aromatic amines is 1. The fourth-order valence-electron chi connectivity index (χ4n) is 3.45. The van der Waals surface area contributed by atoms with Crippen LogP contribution in [0.25, 0.3) is 11.3 Å². The van der Waals surface area contributed by atoms with E-state index in [9.17, 15) is 0 Å². The summed E-state index contributed by atoms with van der Waals surface area (Å²) in [6.07, 6.45) is 5.74. The van der Waals surface area contributed by atoms with E-state index in [2.05, 4.69) is 49.0 Å². The maximum absolute atomic E-state index is 5.67. The molecule has 1 saturated heterocycles. The monoisotopic (exact) mass is 364 g/mol. The molecule has 0 saturated carbocycles. The van der Waals surface area contributed by atoms with Crippen molar-refractivity contribution in [3.63, 3.8) is 0 Å². The first kappa shape index (κ1) is 17.5. The first-order valence-corrected chi connectivity index (χ1v) is 9.23. The van der Waals surface area contributed by atoms with Crippen LogP contribution in [0.5, 0.6) is 5.75 Å². The smallest absolute Gasteiger partial charge is 0.153 e. The maximum atomic E-state index is 5.67. The normalized spacial score (nSPS) is 14.9. The van der Waals surface area contributed by atoms with Crippen LogP contribution in [-0.2, 0) is 0 Å². The Kier molecular flexibility index (Phi) is 5.02. The fraction of sp³-hybridized carbons (Fsp3) is 0.350. The van der Waals surface area contributed by atoms with Crippen LogP contribution >= 0.6 is 0 Å². The van der Waals surface area contributed by atoms with Crippen LogP contribution in [0.2, 0.25) is 0 Å². The highest BCUT2D eigenvalue weighted by atomic mass is 16.5. The number of benzene rings is 1. The van der Waals surface area contributed by atoms with Gasteiger partial charge < -0.3 is 15.4 Å². The molecule has 0 unspecified atom stereocenters. The summed E-state index contributed by atoms with van der Waals surface area (Å²) in [5.41, 5.74) is 4.10. The van der Waals surface area contributed by atoms with E-state index in [0.717, 1.165) is 48.6 Å². The number of nitrogens with one attached hydrogen (secondary N) is 3. The first-order valence-electron chi connectivity index (χ1n) is 9.23. The molecule has 27 heavy (non-hydrogen) atoms. The minimum Gasteiger partial charge on any atom is -0.496 e. The molecule has 1 aliphatic rings. The van der Waals surface area contributed by atoms with Gasteiger partial charge in [0.1, 0.15) is 11.6 Å². The predicted molar refractivity (Wildman–Crippen MR) is 105 cm³/mol. The van der Waals surface area contributed by atoms with Gasteiger partial charge in [-0.15, -0.1) is 0 Å². The molecule has 0 aliphatic carbocycles. The zero-order valence-corrected chi connectivity index (χ0v) is 15.6. The highest BCUT2D eigenvalue weighted by molar-refractivity contribution is 5.71. The summed E-state index contributed by atoms with van der Waals surface area (Å²) in [6.45, 7) is 4.06. The van der Waals surface area contributed by atoms with E-state index in [1.54, 1.807) is 19.5 Å². The summed E-state index contributed by atoms with van der Waals surface area (Å²) in [4.78, 5) is 8.53. The van der Waals surface area contributed by atoms with Crippen LogP contribution in [0.15, 0.2) is 36.7 Å². The fourth-order valence-corrected chi connectivity index (χ4v) is 3.45. The van der Waals surface area contributed by atoms with Gasteiger partial charge in [-0.05, 0) is 56.5 Å². The van der Waals surface area contributed by atoms with Gasteiger partial charge in [-0.1, -0.05) is 6.07 Å².